The minimum absolute atomic E-state index is 0.168. The first-order valence-corrected chi connectivity index (χ1v) is 9.73. The Kier molecular flexibility index (Phi) is 5.62. The molecule has 9 heteroatoms. The second-order valence-electron chi connectivity index (χ2n) is 7.07. The van der Waals surface area contributed by atoms with E-state index >= 15 is 0 Å². The van der Waals surface area contributed by atoms with Gasteiger partial charge in [-0.15, -0.1) is 0 Å². The number of amides is 2. The molecule has 8 nitrogen and oxygen atoms in total. The number of carboxylic acids is 1. The van der Waals surface area contributed by atoms with Crippen LogP contribution in [0.1, 0.15) is 31.9 Å². The van der Waals surface area contributed by atoms with E-state index in [9.17, 15) is 23.1 Å². The Morgan fingerprint density at radius 1 is 1.27 bits per heavy atom. The maximum Gasteiger partial charge on any atom is 0.317 e. The van der Waals surface area contributed by atoms with Gasteiger partial charge < -0.3 is 15.3 Å². The number of nitrogens with zero attached hydrogens (tertiary/aromatic N) is 2. The van der Waals surface area contributed by atoms with Gasteiger partial charge in [0.1, 0.15) is 0 Å². The molecule has 0 saturated carbocycles. The lowest BCUT2D eigenvalue weighted by atomic mass is 9.90. The van der Waals surface area contributed by atoms with E-state index < -0.39 is 21.4 Å². The average Bonchev–Trinajstić information content (AvgIpc) is 2.99. The molecule has 0 bridgehead atoms. The number of likely N-dealkylation sites (tertiary alicyclic amines) is 1. The maximum absolute atomic E-state index is 12.4. The van der Waals surface area contributed by atoms with Gasteiger partial charge in [0.25, 0.3) is 0 Å². The molecule has 2 amide bonds. The number of hydrogen-bond acceptors (Lipinski definition) is 4. The van der Waals surface area contributed by atoms with Gasteiger partial charge in [-0.2, -0.15) is 0 Å². The fourth-order valence-electron chi connectivity index (χ4n) is 2.81. The van der Waals surface area contributed by atoms with E-state index in [4.69, 9.17) is 0 Å². The summed E-state index contributed by atoms with van der Waals surface area (Å²) in [5.74, 6) is -0.904. The fourth-order valence-corrected chi connectivity index (χ4v) is 3.71. The van der Waals surface area contributed by atoms with E-state index in [0.29, 0.717) is 13.0 Å². The third kappa shape index (κ3) is 3.99. The SMILES string of the molecule is CC(NC(=O)N1CCC(C)(C(=O)O)C1)c1ccc(S(=O)(=O)N(C)C)cc1. The van der Waals surface area contributed by atoms with E-state index in [0.717, 1.165) is 9.87 Å². The van der Waals surface area contributed by atoms with Gasteiger partial charge in [-0.1, -0.05) is 12.1 Å². The predicted octanol–water partition coefficient (Wildman–Crippen LogP) is 1.50. The Bertz CT molecular complexity index is 791. The van der Waals surface area contributed by atoms with Crippen LogP contribution >= 0.6 is 0 Å². The third-order valence-corrected chi connectivity index (χ3v) is 6.60. The molecule has 1 aliphatic rings. The number of nitrogens with one attached hydrogen (secondary N) is 1. The highest BCUT2D eigenvalue weighted by Gasteiger charge is 2.42. The third-order valence-electron chi connectivity index (χ3n) is 4.78. The molecular formula is C17H25N3O5S. The summed E-state index contributed by atoms with van der Waals surface area (Å²) >= 11 is 0. The number of urea groups is 1. The average molecular weight is 383 g/mol. The molecule has 1 aromatic rings. The largest absolute Gasteiger partial charge is 0.481 e. The molecule has 1 heterocycles. The molecular weight excluding hydrogens is 358 g/mol. The molecule has 1 aliphatic heterocycles. The molecule has 0 aliphatic carbocycles. The van der Waals surface area contributed by atoms with Gasteiger partial charge in [-0.25, -0.2) is 17.5 Å². The van der Waals surface area contributed by atoms with Crippen molar-refractivity contribution < 1.29 is 23.1 Å². The lowest BCUT2D eigenvalue weighted by Gasteiger charge is -2.23. The van der Waals surface area contributed by atoms with Crippen molar-refractivity contribution in [2.24, 2.45) is 5.41 Å². The summed E-state index contributed by atoms with van der Waals surface area (Å²) in [4.78, 5) is 25.3. The van der Waals surface area contributed by atoms with Gasteiger partial charge >= 0.3 is 12.0 Å². The summed E-state index contributed by atoms with van der Waals surface area (Å²) in [6.45, 7) is 3.98. The van der Waals surface area contributed by atoms with Crippen molar-refractivity contribution in [3.63, 3.8) is 0 Å². The Morgan fingerprint density at radius 3 is 2.31 bits per heavy atom. The lowest BCUT2D eigenvalue weighted by Crippen LogP contribution is -2.41. The zero-order valence-corrected chi connectivity index (χ0v) is 16.2. The molecule has 2 N–H and O–H groups in total. The minimum atomic E-state index is -3.49. The van der Waals surface area contributed by atoms with Crippen LogP contribution in [0.3, 0.4) is 0 Å². The van der Waals surface area contributed by atoms with Crippen molar-refractivity contribution in [3.05, 3.63) is 29.8 Å². The van der Waals surface area contributed by atoms with Gasteiger partial charge in [-0.05, 0) is 38.0 Å². The van der Waals surface area contributed by atoms with Gasteiger partial charge in [0.2, 0.25) is 10.0 Å². The summed E-state index contributed by atoms with van der Waals surface area (Å²) in [5.41, 5.74) is -0.154. The highest BCUT2D eigenvalue weighted by Crippen LogP contribution is 2.30. The molecule has 1 aromatic carbocycles. The number of carbonyl (C=O) groups excluding carboxylic acids is 1. The highest BCUT2D eigenvalue weighted by molar-refractivity contribution is 7.89. The van der Waals surface area contributed by atoms with Crippen molar-refractivity contribution in [1.29, 1.82) is 0 Å². The number of carboxylic acid groups (broad SMARTS) is 1. The van der Waals surface area contributed by atoms with Crippen LogP contribution in [0, 0.1) is 5.41 Å². The molecule has 0 aromatic heterocycles. The monoisotopic (exact) mass is 383 g/mol. The van der Waals surface area contributed by atoms with Crippen LogP contribution in [-0.4, -0.2) is 61.9 Å². The van der Waals surface area contributed by atoms with Gasteiger partial charge in [-0.3, -0.25) is 4.79 Å². The maximum atomic E-state index is 12.4. The van der Waals surface area contributed by atoms with E-state index in [1.54, 1.807) is 26.0 Å². The van der Waals surface area contributed by atoms with Crippen molar-refractivity contribution >= 4 is 22.0 Å². The quantitative estimate of drug-likeness (QED) is 0.801. The second-order valence-corrected chi connectivity index (χ2v) is 9.22. The number of aliphatic carboxylic acids is 1. The van der Waals surface area contributed by atoms with E-state index in [1.807, 2.05) is 0 Å². The Morgan fingerprint density at radius 2 is 1.85 bits per heavy atom. The van der Waals surface area contributed by atoms with Crippen LogP contribution in [0.4, 0.5) is 4.79 Å². The molecule has 144 valence electrons. The lowest BCUT2D eigenvalue weighted by molar-refractivity contribution is -0.147. The number of benzene rings is 1. The standard InChI is InChI=1S/C17H25N3O5S/c1-12(13-5-7-14(8-6-13)26(24,25)19(3)4)18-16(23)20-10-9-17(2,11-20)15(21)22/h5-8,12H,9-11H2,1-4H3,(H,18,23)(H,21,22). The smallest absolute Gasteiger partial charge is 0.317 e. The van der Waals surface area contributed by atoms with E-state index in [2.05, 4.69) is 5.32 Å². The number of sulfonamides is 1. The van der Waals surface area contributed by atoms with Gasteiger partial charge in [0.15, 0.2) is 0 Å². The van der Waals surface area contributed by atoms with Crippen molar-refractivity contribution in [3.8, 4) is 0 Å². The topological polar surface area (TPSA) is 107 Å². The highest BCUT2D eigenvalue weighted by atomic mass is 32.2. The first-order valence-electron chi connectivity index (χ1n) is 8.29. The number of hydrogen-bond donors (Lipinski definition) is 2. The first-order chi connectivity index (χ1) is 12.0. The van der Waals surface area contributed by atoms with Crippen LogP contribution in [0.5, 0.6) is 0 Å². The normalized spacial score (nSPS) is 21.7. The summed E-state index contributed by atoms with van der Waals surface area (Å²) in [7, 11) is -0.564. The molecule has 2 rings (SSSR count). The van der Waals surface area contributed by atoms with Crippen LogP contribution in [0.25, 0.3) is 0 Å². The predicted molar refractivity (Wildman–Crippen MR) is 96.2 cm³/mol. The fraction of sp³-hybridized carbons (Fsp3) is 0.529. The van der Waals surface area contributed by atoms with Crippen LogP contribution in [0.2, 0.25) is 0 Å². The molecule has 1 saturated heterocycles. The van der Waals surface area contributed by atoms with Crippen molar-refractivity contribution in [1.82, 2.24) is 14.5 Å². The van der Waals surface area contributed by atoms with Crippen molar-refractivity contribution in [2.75, 3.05) is 27.2 Å². The van der Waals surface area contributed by atoms with Crippen LogP contribution < -0.4 is 5.32 Å². The second kappa shape index (κ2) is 7.24. The molecule has 1 fully saturated rings. The molecule has 2 atom stereocenters. The van der Waals surface area contributed by atoms with E-state index in [-0.39, 0.29) is 23.5 Å². The molecule has 0 spiro atoms. The molecule has 26 heavy (non-hydrogen) atoms. The van der Waals surface area contributed by atoms with Crippen molar-refractivity contribution in [2.45, 2.75) is 31.2 Å². The van der Waals surface area contributed by atoms with Gasteiger partial charge in [0, 0.05) is 27.2 Å². The summed E-state index contributed by atoms with van der Waals surface area (Å²) < 4.78 is 25.3. The zero-order chi connectivity index (χ0) is 19.7. The summed E-state index contributed by atoms with van der Waals surface area (Å²) in [6.07, 6.45) is 0.418. The Labute approximate surface area is 153 Å². The molecule has 2 unspecified atom stereocenters. The van der Waals surface area contributed by atoms with Crippen LogP contribution in [0.15, 0.2) is 29.2 Å². The number of rotatable bonds is 5. The Balaban J connectivity index is 2.03. The minimum Gasteiger partial charge on any atom is -0.481 e. The number of carbonyl (C=O) groups is 2. The Hall–Kier alpha value is -2.13. The van der Waals surface area contributed by atoms with Gasteiger partial charge in [0.05, 0.1) is 16.4 Å². The summed E-state index contributed by atoms with van der Waals surface area (Å²) in [6, 6.07) is 5.66. The zero-order valence-electron chi connectivity index (χ0n) is 15.4. The first kappa shape index (κ1) is 20.2. The summed E-state index contributed by atoms with van der Waals surface area (Å²) in [5, 5.41) is 12.1. The van der Waals surface area contributed by atoms with E-state index in [1.165, 1.54) is 31.1 Å². The van der Waals surface area contributed by atoms with Crippen LogP contribution in [-0.2, 0) is 14.8 Å². The molecule has 0 radical (unpaired) electrons.